The fourth-order valence-corrected chi connectivity index (χ4v) is 2.81. The van der Waals surface area contributed by atoms with Crippen LogP contribution in [0.3, 0.4) is 0 Å². The summed E-state index contributed by atoms with van der Waals surface area (Å²) in [5, 5.41) is 11.9. The summed E-state index contributed by atoms with van der Waals surface area (Å²) >= 11 is 0. The van der Waals surface area contributed by atoms with Crippen molar-refractivity contribution in [3.8, 4) is 0 Å². The number of carboxylic acid groups (broad SMARTS) is 1. The molecule has 5 heteroatoms. The van der Waals surface area contributed by atoms with Crippen LogP contribution in [0.15, 0.2) is 30.3 Å². The second kappa shape index (κ2) is 7.11. The van der Waals surface area contributed by atoms with Gasteiger partial charge >= 0.3 is 12.0 Å². The molecule has 0 bridgehead atoms. The molecule has 1 heterocycles. The van der Waals surface area contributed by atoms with E-state index in [1.807, 2.05) is 6.07 Å². The van der Waals surface area contributed by atoms with E-state index in [1.54, 1.807) is 29.2 Å². The standard InChI is InChI=1S/C16H22N2O3/c1-2-6-12-9-10-18(11-12)16(21)17-14(15(19)20)13-7-4-3-5-8-13/h3-5,7-8,12,14H,2,6,9-11H2,1H3,(H,17,21)(H,19,20)/t12?,14-/m0/s1. The lowest BCUT2D eigenvalue weighted by Gasteiger charge is -2.21. The number of aliphatic carboxylic acids is 1. The fourth-order valence-electron chi connectivity index (χ4n) is 2.81. The van der Waals surface area contributed by atoms with Crippen LogP contribution in [0.4, 0.5) is 4.79 Å². The highest BCUT2D eigenvalue weighted by molar-refractivity contribution is 5.83. The van der Waals surface area contributed by atoms with E-state index in [4.69, 9.17) is 0 Å². The number of hydrogen-bond donors (Lipinski definition) is 2. The molecule has 1 fully saturated rings. The van der Waals surface area contributed by atoms with Gasteiger partial charge in [0, 0.05) is 13.1 Å². The van der Waals surface area contributed by atoms with Crippen LogP contribution in [-0.2, 0) is 4.79 Å². The van der Waals surface area contributed by atoms with E-state index in [2.05, 4.69) is 12.2 Å². The number of benzene rings is 1. The minimum atomic E-state index is -1.04. The highest BCUT2D eigenvalue weighted by Gasteiger charge is 2.29. The average Bonchev–Trinajstić information content (AvgIpc) is 2.94. The number of urea groups is 1. The summed E-state index contributed by atoms with van der Waals surface area (Å²) in [7, 11) is 0. The van der Waals surface area contributed by atoms with Gasteiger partial charge in [0.05, 0.1) is 0 Å². The molecule has 0 spiro atoms. The van der Waals surface area contributed by atoms with Crippen LogP contribution in [0.1, 0.15) is 37.8 Å². The Morgan fingerprint density at radius 2 is 2.10 bits per heavy atom. The van der Waals surface area contributed by atoms with E-state index in [-0.39, 0.29) is 6.03 Å². The number of carbonyl (C=O) groups excluding carboxylic acids is 1. The van der Waals surface area contributed by atoms with Crippen LogP contribution in [0.2, 0.25) is 0 Å². The molecule has 2 rings (SSSR count). The van der Waals surface area contributed by atoms with Gasteiger partial charge in [-0.25, -0.2) is 9.59 Å². The van der Waals surface area contributed by atoms with Gasteiger partial charge in [0.15, 0.2) is 6.04 Å². The predicted octanol–water partition coefficient (Wildman–Crippen LogP) is 2.64. The fraction of sp³-hybridized carbons (Fsp3) is 0.500. The number of nitrogens with one attached hydrogen (secondary N) is 1. The van der Waals surface area contributed by atoms with Crippen molar-refractivity contribution < 1.29 is 14.7 Å². The molecular weight excluding hydrogens is 268 g/mol. The second-order valence-corrected chi connectivity index (χ2v) is 5.52. The van der Waals surface area contributed by atoms with Crippen molar-refractivity contribution in [2.45, 2.75) is 32.2 Å². The third-order valence-electron chi connectivity index (χ3n) is 3.92. The Morgan fingerprint density at radius 1 is 1.38 bits per heavy atom. The number of amides is 2. The molecule has 1 aliphatic heterocycles. The lowest BCUT2D eigenvalue weighted by Crippen LogP contribution is -2.42. The third kappa shape index (κ3) is 3.97. The van der Waals surface area contributed by atoms with Gasteiger partial charge in [-0.1, -0.05) is 43.7 Å². The van der Waals surface area contributed by atoms with Crippen molar-refractivity contribution in [2.75, 3.05) is 13.1 Å². The van der Waals surface area contributed by atoms with Crippen LogP contribution in [0.5, 0.6) is 0 Å². The zero-order valence-corrected chi connectivity index (χ0v) is 12.3. The molecule has 114 valence electrons. The highest BCUT2D eigenvalue weighted by atomic mass is 16.4. The first-order valence-electron chi connectivity index (χ1n) is 7.45. The molecular formula is C16H22N2O3. The number of nitrogens with zero attached hydrogens (tertiary/aromatic N) is 1. The van der Waals surface area contributed by atoms with Gasteiger partial charge in [0.25, 0.3) is 0 Å². The summed E-state index contributed by atoms with van der Waals surface area (Å²) in [6.45, 7) is 3.57. The second-order valence-electron chi connectivity index (χ2n) is 5.52. The zero-order valence-electron chi connectivity index (χ0n) is 12.3. The van der Waals surface area contributed by atoms with Crippen LogP contribution in [0, 0.1) is 5.92 Å². The first-order valence-corrected chi connectivity index (χ1v) is 7.45. The van der Waals surface area contributed by atoms with Crippen molar-refractivity contribution in [3.63, 3.8) is 0 Å². The number of carbonyl (C=O) groups is 2. The largest absolute Gasteiger partial charge is 0.479 e. The summed E-state index contributed by atoms with van der Waals surface area (Å²) in [5.74, 6) is -0.500. The Balaban J connectivity index is 1.98. The van der Waals surface area contributed by atoms with E-state index < -0.39 is 12.0 Å². The maximum atomic E-state index is 12.2. The molecule has 0 aromatic heterocycles. The van der Waals surface area contributed by atoms with Gasteiger partial charge in [-0.3, -0.25) is 0 Å². The number of hydrogen-bond acceptors (Lipinski definition) is 2. The number of rotatable bonds is 5. The number of carboxylic acids is 1. The van der Waals surface area contributed by atoms with Gasteiger partial charge in [-0.15, -0.1) is 0 Å². The Hall–Kier alpha value is -2.04. The summed E-state index contributed by atoms with van der Waals surface area (Å²) in [5.41, 5.74) is 0.586. The summed E-state index contributed by atoms with van der Waals surface area (Å²) in [6.07, 6.45) is 3.23. The molecule has 1 unspecified atom stereocenters. The molecule has 1 aliphatic rings. The van der Waals surface area contributed by atoms with Crippen LogP contribution < -0.4 is 5.32 Å². The minimum Gasteiger partial charge on any atom is -0.479 e. The molecule has 0 saturated carbocycles. The summed E-state index contributed by atoms with van der Waals surface area (Å²) < 4.78 is 0. The molecule has 1 aromatic carbocycles. The maximum absolute atomic E-state index is 12.2. The lowest BCUT2D eigenvalue weighted by atomic mass is 10.0. The average molecular weight is 290 g/mol. The molecule has 2 atom stereocenters. The van der Waals surface area contributed by atoms with Gasteiger partial charge in [-0.2, -0.15) is 0 Å². The summed E-state index contributed by atoms with van der Waals surface area (Å²) in [6, 6.07) is 7.50. The lowest BCUT2D eigenvalue weighted by molar-refractivity contribution is -0.139. The molecule has 0 aliphatic carbocycles. The van der Waals surface area contributed by atoms with Crippen LogP contribution in [0.25, 0.3) is 0 Å². The molecule has 2 amide bonds. The monoisotopic (exact) mass is 290 g/mol. The SMILES string of the molecule is CCCC1CCN(C(=O)N[C@H](C(=O)O)c2ccccc2)C1. The normalized spacial score (nSPS) is 19.3. The van der Waals surface area contributed by atoms with Crippen molar-refractivity contribution >= 4 is 12.0 Å². The Kier molecular flexibility index (Phi) is 5.20. The quantitative estimate of drug-likeness (QED) is 0.876. The Morgan fingerprint density at radius 3 is 2.71 bits per heavy atom. The third-order valence-corrected chi connectivity index (χ3v) is 3.92. The van der Waals surface area contributed by atoms with Crippen LogP contribution >= 0.6 is 0 Å². The molecule has 2 N–H and O–H groups in total. The van der Waals surface area contributed by atoms with E-state index in [9.17, 15) is 14.7 Å². The van der Waals surface area contributed by atoms with E-state index in [0.717, 1.165) is 25.8 Å². The van der Waals surface area contributed by atoms with Gasteiger partial charge in [0.1, 0.15) is 0 Å². The maximum Gasteiger partial charge on any atom is 0.330 e. The van der Waals surface area contributed by atoms with Gasteiger partial charge in [-0.05, 0) is 24.3 Å². The topological polar surface area (TPSA) is 69.6 Å². The van der Waals surface area contributed by atoms with E-state index in [1.165, 1.54) is 0 Å². The van der Waals surface area contributed by atoms with Crippen molar-refractivity contribution in [1.82, 2.24) is 10.2 Å². The molecule has 1 saturated heterocycles. The molecule has 21 heavy (non-hydrogen) atoms. The Bertz CT molecular complexity index is 490. The van der Waals surface area contributed by atoms with Gasteiger partial charge in [0.2, 0.25) is 0 Å². The van der Waals surface area contributed by atoms with Crippen molar-refractivity contribution in [1.29, 1.82) is 0 Å². The zero-order chi connectivity index (χ0) is 15.2. The smallest absolute Gasteiger partial charge is 0.330 e. The van der Waals surface area contributed by atoms with Crippen LogP contribution in [-0.4, -0.2) is 35.1 Å². The predicted molar refractivity (Wildman–Crippen MR) is 79.9 cm³/mol. The Labute approximate surface area is 125 Å². The highest BCUT2D eigenvalue weighted by Crippen LogP contribution is 2.21. The minimum absolute atomic E-state index is 0.287. The summed E-state index contributed by atoms with van der Waals surface area (Å²) in [4.78, 5) is 25.3. The molecule has 0 radical (unpaired) electrons. The van der Waals surface area contributed by atoms with Crippen molar-refractivity contribution in [3.05, 3.63) is 35.9 Å². The first kappa shape index (κ1) is 15.4. The number of likely N-dealkylation sites (tertiary alicyclic amines) is 1. The van der Waals surface area contributed by atoms with Crippen molar-refractivity contribution in [2.24, 2.45) is 5.92 Å². The van der Waals surface area contributed by atoms with E-state index >= 15 is 0 Å². The first-order chi connectivity index (χ1) is 10.1. The van der Waals surface area contributed by atoms with E-state index in [0.29, 0.717) is 18.0 Å². The van der Waals surface area contributed by atoms with Gasteiger partial charge < -0.3 is 15.3 Å². The molecule has 1 aromatic rings. The molecule has 5 nitrogen and oxygen atoms in total.